The normalized spacial score (nSPS) is 30.7. The summed E-state index contributed by atoms with van der Waals surface area (Å²) >= 11 is 0. The summed E-state index contributed by atoms with van der Waals surface area (Å²) < 4.78 is 0. The van der Waals surface area contributed by atoms with E-state index in [4.69, 9.17) is 0 Å². The molecule has 12 heavy (non-hydrogen) atoms. The topological polar surface area (TPSA) is 32.3 Å². The predicted molar refractivity (Wildman–Crippen MR) is 49.7 cm³/mol. The van der Waals surface area contributed by atoms with E-state index in [-0.39, 0.29) is 12.4 Å². The molecule has 2 aliphatic rings. The molecule has 2 fully saturated rings. The van der Waals surface area contributed by atoms with E-state index < -0.39 is 0 Å². The molecule has 0 aromatic rings. The summed E-state index contributed by atoms with van der Waals surface area (Å²) in [5.74, 6) is 0.414. The Morgan fingerprint density at radius 1 is 1.50 bits per heavy atom. The zero-order valence-electron chi connectivity index (χ0n) is 7.08. The lowest BCUT2D eigenvalue weighted by Crippen LogP contribution is -2.34. The van der Waals surface area contributed by atoms with Gasteiger partial charge in [-0.25, -0.2) is 0 Å². The van der Waals surface area contributed by atoms with Crippen LogP contribution in [0.15, 0.2) is 0 Å². The molecule has 2 saturated heterocycles. The highest BCUT2D eigenvalue weighted by Gasteiger charge is 2.28. The Morgan fingerprint density at radius 3 is 2.83 bits per heavy atom. The van der Waals surface area contributed by atoms with E-state index in [1.165, 1.54) is 6.42 Å². The molecular weight excluding hydrogens is 176 g/mol. The summed E-state index contributed by atoms with van der Waals surface area (Å²) in [4.78, 5) is 13.3. The van der Waals surface area contributed by atoms with Gasteiger partial charge in [0.25, 0.3) is 0 Å². The van der Waals surface area contributed by atoms with E-state index in [1.54, 1.807) is 0 Å². The molecule has 0 spiro atoms. The van der Waals surface area contributed by atoms with Crippen molar-refractivity contribution >= 4 is 18.2 Å². The lowest BCUT2D eigenvalue weighted by Gasteiger charge is -2.20. The highest BCUT2D eigenvalue weighted by atomic mass is 35.5. The molecule has 0 aromatic carbocycles. The van der Waals surface area contributed by atoms with Crippen molar-refractivity contribution < 1.29 is 4.79 Å². The summed E-state index contributed by atoms with van der Waals surface area (Å²) in [5, 5.41) is 3.31. The monoisotopic (exact) mass is 190 g/mol. The van der Waals surface area contributed by atoms with Gasteiger partial charge in [0.1, 0.15) is 5.78 Å². The Morgan fingerprint density at radius 2 is 2.33 bits per heavy atom. The van der Waals surface area contributed by atoms with Gasteiger partial charge in [0.15, 0.2) is 0 Å². The first-order chi connectivity index (χ1) is 5.36. The van der Waals surface area contributed by atoms with E-state index in [0.717, 1.165) is 26.1 Å². The van der Waals surface area contributed by atoms with Crippen LogP contribution < -0.4 is 5.32 Å². The van der Waals surface area contributed by atoms with Crippen molar-refractivity contribution in [2.45, 2.75) is 18.9 Å². The third kappa shape index (κ3) is 1.97. The lowest BCUT2D eigenvalue weighted by molar-refractivity contribution is -0.117. The van der Waals surface area contributed by atoms with Gasteiger partial charge in [0, 0.05) is 25.6 Å². The van der Waals surface area contributed by atoms with Gasteiger partial charge in [-0.1, -0.05) is 0 Å². The van der Waals surface area contributed by atoms with Crippen molar-refractivity contribution in [3.05, 3.63) is 0 Å². The first kappa shape index (κ1) is 9.96. The number of nitrogens with zero attached hydrogens (tertiary/aromatic N) is 1. The van der Waals surface area contributed by atoms with Gasteiger partial charge in [-0.15, -0.1) is 12.4 Å². The van der Waals surface area contributed by atoms with Crippen LogP contribution in [0.25, 0.3) is 0 Å². The van der Waals surface area contributed by atoms with E-state index >= 15 is 0 Å². The highest BCUT2D eigenvalue weighted by molar-refractivity contribution is 5.85. The van der Waals surface area contributed by atoms with Crippen LogP contribution in [0, 0.1) is 0 Å². The van der Waals surface area contributed by atoms with Crippen LogP contribution in [0.4, 0.5) is 0 Å². The number of nitrogens with one attached hydrogen (secondary N) is 1. The van der Waals surface area contributed by atoms with Crippen LogP contribution in [-0.4, -0.2) is 42.9 Å². The third-order valence-electron chi connectivity index (χ3n) is 2.61. The maximum Gasteiger partial charge on any atom is 0.148 e. The summed E-state index contributed by atoms with van der Waals surface area (Å²) in [6.07, 6.45) is 1.99. The SMILES string of the molecule is Cl.O=C1CCN(C2CCNC2)C1. The van der Waals surface area contributed by atoms with Crippen molar-refractivity contribution in [1.29, 1.82) is 0 Å². The fraction of sp³-hybridized carbons (Fsp3) is 0.875. The van der Waals surface area contributed by atoms with Gasteiger partial charge in [0.2, 0.25) is 0 Å². The quantitative estimate of drug-likeness (QED) is 0.634. The molecule has 1 N–H and O–H groups in total. The maximum absolute atomic E-state index is 10.9. The summed E-state index contributed by atoms with van der Waals surface area (Å²) in [7, 11) is 0. The van der Waals surface area contributed by atoms with E-state index in [9.17, 15) is 4.79 Å². The second-order valence-electron chi connectivity index (χ2n) is 3.41. The smallest absolute Gasteiger partial charge is 0.148 e. The number of hydrogen-bond acceptors (Lipinski definition) is 3. The molecule has 0 aromatic heterocycles. The minimum Gasteiger partial charge on any atom is -0.315 e. The van der Waals surface area contributed by atoms with Gasteiger partial charge >= 0.3 is 0 Å². The summed E-state index contributed by atoms with van der Waals surface area (Å²) in [6, 6.07) is 0.640. The molecule has 2 heterocycles. The van der Waals surface area contributed by atoms with Crippen molar-refractivity contribution in [1.82, 2.24) is 10.2 Å². The van der Waals surface area contributed by atoms with E-state index in [0.29, 0.717) is 18.4 Å². The Labute approximate surface area is 78.9 Å². The highest BCUT2D eigenvalue weighted by Crippen LogP contribution is 2.13. The van der Waals surface area contributed by atoms with Crippen molar-refractivity contribution in [3.8, 4) is 0 Å². The van der Waals surface area contributed by atoms with Crippen molar-refractivity contribution in [2.24, 2.45) is 0 Å². The van der Waals surface area contributed by atoms with E-state index in [1.807, 2.05) is 0 Å². The molecule has 2 rings (SSSR count). The van der Waals surface area contributed by atoms with Crippen molar-refractivity contribution in [3.63, 3.8) is 0 Å². The van der Waals surface area contributed by atoms with Crippen LogP contribution in [0.3, 0.4) is 0 Å². The van der Waals surface area contributed by atoms with E-state index in [2.05, 4.69) is 10.2 Å². The van der Waals surface area contributed by atoms with Gasteiger partial charge < -0.3 is 5.32 Å². The molecule has 1 unspecified atom stereocenters. The molecule has 70 valence electrons. The zero-order valence-corrected chi connectivity index (χ0v) is 7.90. The Balaban J connectivity index is 0.000000720. The Kier molecular flexibility index (Phi) is 3.50. The number of carbonyl (C=O) groups excluding carboxylic acids is 1. The lowest BCUT2D eigenvalue weighted by atomic mass is 10.2. The van der Waals surface area contributed by atoms with Gasteiger partial charge in [-0.2, -0.15) is 0 Å². The number of Topliss-reactive ketones (excluding diaryl/α,β-unsaturated/α-hetero) is 1. The number of carbonyl (C=O) groups is 1. The van der Waals surface area contributed by atoms with Gasteiger partial charge in [0.05, 0.1) is 6.54 Å². The standard InChI is InChI=1S/C8H14N2O.ClH/c11-8-2-4-10(6-8)7-1-3-9-5-7;/h7,9H,1-6H2;1H. The third-order valence-corrected chi connectivity index (χ3v) is 2.61. The number of halogens is 1. The molecule has 0 saturated carbocycles. The minimum absolute atomic E-state index is 0. The molecule has 0 radical (unpaired) electrons. The van der Waals surface area contributed by atoms with Crippen LogP contribution in [-0.2, 0) is 4.79 Å². The number of hydrogen-bond donors (Lipinski definition) is 1. The molecule has 0 bridgehead atoms. The van der Waals surface area contributed by atoms with Crippen LogP contribution in [0.2, 0.25) is 0 Å². The van der Waals surface area contributed by atoms with Crippen LogP contribution in [0.1, 0.15) is 12.8 Å². The molecule has 4 heteroatoms. The number of rotatable bonds is 1. The second-order valence-corrected chi connectivity index (χ2v) is 3.41. The molecule has 0 amide bonds. The van der Waals surface area contributed by atoms with Crippen LogP contribution >= 0.6 is 12.4 Å². The van der Waals surface area contributed by atoms with Gasteiger partial charge in [-0.05, 0) is 13.0 Å². The van der Waals surface area contributed by atoms with Crippen LogP contribution in [0.5, 0.6) is 0 Å². The van der Waals surface area contributed by atoms with Crippen molar-refractivity contribution in [2.75, 3.05) is 26.2 Å². The zero-order chi connectivity index (χ0) is 7.68. The minimum atomic E-state index is 0. The number of likely N-dealkylation sites (tertiary alicyclic amines) is 1. The average Bonchev–Trinajstić information content (AvgIpc) is 2.55. The fourth-order valence-electron chi connectivity index (χ4n) is 1.92. The average molecular weight is 191 g/mol. The predicted octanol–water partition coefficient (Wildman–Crippen LogP) is 0.0449. The molecule has 3 nitrogen and oxygen atoms in total. The van der Waals surface area contributed by atoms with Gasteiger partial charge in [-0.3, -0.25) is 9.69 Å². The Bertz CT molecular complexity index is 168. The second kappa shape index (κ2) is 4.21. The molecule has 1 atom stereocenters. The molecule has 2 aliphatic heterocycles. The first-order valence-corrected chi connectivity index (χ1v) is 4.33. The maximum atomic E-state index is 10.9. The summed E-state index contributed by atoms with van der Waals surface area (Å²) in [6.45, 7) is 3.89. The first-order valence-electron chi connectivity index (χ1n) is 4.33. The largest absolute Gasteiger partial charge is 0.315 e. The fourth-order valence-corrected chi connectivity index (χ4v) is 1.92. The summed E-state index contributed by atoms with van der Waals surface area (Å²) in [5.41, 5.74) is 0. The molecular formula is C8H15ClN2O. The number of ketones is 1. The molecule has 0 aliphatic carbocycles. The Hall–Kier alpha value is -0.120.